The average molecular weight is 534 g/mol. The molecule has 13 heteroatoms. The Hall–Kier alpha value is -3.16. The van der Waals surface area contributed by atoms with Crippen molar-refractivity contribution in [2.45, 2.75) is 31.4 Å². The fraction of sp³-hybridized carbons (Fsp3) is 0.348. The van der Waals surface area contributed by atoms with Crippen LogP contribution in [0.4, 0.5) is 14.6 Å². The second-order valence-electron chi connectivity index (χ2n) is 8.39. The van der Waals surface area contributed by atoms with Crippen molar-refractivity contribution in [1.29, 1.82) is 0 Å². The largest absolute Gasteiger partial charge is 0.443 e. The number of nitrogens with zero attached hydrogens (tertiary/aromatic N) is 3. The molecule has 1 fully saturated rings. The lowest BCUT2D eigenvalue weighted by atomic mass is 9.80. The molecule has 0 saturated carbocycles. The van der Waals surface area contributed by atoms with Crippen LogP contribution in [0.15, 0.2) is 51.4 Å². The Bertz CT molecular complexity index is 1300. The van der Waals surface area contributed by atoms with Crippen molar-refractivity contribution in [3.05, 3.63) is 64.1 Å². The maximum atomic E-state index is 12.7. The molecule has 0 aliphatic carbocycles. The van der Waals surface area contributed by atoms with Crippen LogP contribution >= 0.6 is 23.1 Å². The molecule has 2 N–H and O–H groups in total. The van der Waals surface area contributed by atoms with Gasteiger partial charge in [-0.1, -0.05) is 30.0 Å². The Labute approximate surface area is 212 Å². The first-order chi connectivity index (χ1) is 17.3. The van der Waals surface area contributed by atoms with E-state index in [1.165, 1.54) is 23.1 Å². The molecular weight excluding hydrogens is 512 g/mol. The molecule has 1 aromatic carbocycles. The van der Waals surface area contributed by atoms with E-state index in [1.807, 2.05) is 13.0 Å². The number of carbonyl (C=O) groups excluding carboxylic acids is 2. The second kappa shape index (κ2) is 10.1. The van der Waals surface area contributed by atoms with E-state index in [-0.39, 0.29) is 36.0 Å². The molecule has 1 saturated heterocycles. The number of nitrogens with one attached hydrogen (secondary N) is 2. The van der Waals surface area contributed by atoms with Crippen molar-refractivity contribution < 1.29 is 27.5 Å². The number of anilines is 1. The van der Waals surface area contributed by atoms with Gasteiger partial charge in [-0.2, -0.15) is 8.78 Å². The molecule has 2 aliphatic heterocycles. The first-order valence-corrected chi connectivity index (χ1v) is 12.9. The van der Waals surface area contributed by atoms with Crippen LogP contribution in [-0.2, 0) is 10.3 Å². The SMILES string of the molecule is C[C@H]1C[C@H]2CSC(NC(=O)c3ccccc3)=NC2(c2nc(NC(=O)c3coc(C(F)F)n3)cs2)CO1. The molecule has 4 heterocycles. The molecule has 9 nitrogen and oxygen atoms in total. The Morgan fingerprint density at radius 2 is 1.97 bits per heavy atom. The van der Waals surface area contributed by atoms with Crippen LogP contribution in [0, 0.1) is 5.92 Å². The monoisotopic (exact) mass is 533 g/mol. The van der Waals surface area contributed by atoms with Crippen LogP contribution < -0.4 is 10.6 Å². The van der Waals surface area contributed by atoms with Gasteiger partial charge in [0.1, 0.15) is 22.6 Å². The fourth-order valence-electron chi connectivity index (χ4n) is 4.08. The minimum absolute atomic E-state index is 0.0507. The number of amides is 2. The smallest absolute Gasteiger partial charge is 0.313 e. The van der Waals surface area contributed by atoms with E-state index in [0.29, 0.717) is 21.5 Å². The summed E-state index contributed by atoms with van der Waals surface area (Å²) in [5, 5.41) is 8.19. The number of aromatic nitrogens is 2. The Morgan fingerprint density at radius 1 is 1.17 bits per heavy atom. The predicted molar refractivity (Wildman–Crippen MR) is 131 cm³/mol. The summed E-state index contributed by atoms with van der Waals surface area (Å²) in [5.74, 6) is -0.766. The summed E-state index contributed by atoms with van der Waals surface area (Å²) in [6.07, 6.45) is -1.23. The van der Waals surface area contributed by atoms with Crippen molar-refractivity contribution >= 4 is 45.9 Å². The van der Waals surface area contributed by atoms with E-state index in [2.05, 4.69) is 25.0 Å². The zero-order valence-electron chi connectivity index (χ0n) is 18.9. The zero-order chi connectivity index (χ0) is 25.3. The van der Waals surface area contributed by atoms with Gasteiger partial charge in [0.05, 0.1) is 12.7 Å². The molecule has 3 atom stereocenters. The number of hydrogen-bond acceptors (Lipinski definition) is 9. The van der Waals surface area contributed by atoms with Crippen molar-refractivity contribution in [2.24, 2.45) is 10.9 Å². The van der Waals surface area contributed by atoms with E-state index >= 15 is 0 Å². The van der Waals surface area contributed by atoms with Crippen LogP contribution in [-0.4, -0.2) is 45.4 Å². The fourth-order valence-corrected chi connectivity index (χ4v) is 6.21. The van der Waals surface area contributed by atoms with Gasteiger partial charge in [0, 0.05) is 22.6 Å². The van der Waals surface area contributed by atoms with Gasteiger partial charge in [-0.25, -0.2) is 15.0 Å². The van der Waals surface area contributed by atoms with E-state index in [1.54, 1.807) is 29.6 Å². The molecule has 0 bridgehead atoms. The van der Waals surface area contributed by atoms with E-state index in [4.69, 9.17) is 9.73 Å². The van der Waals surface area contributed by atoms with Gasteiger partial charge < -0.3 is 19.8 Å². The standard InChI is InChI=1S/C23H21F2N5O4S2/c1-12-7-14-9-36-22(29-18(31)13-5-3-2-4-6-13)30-23(14,11-34-12)21-28-16(10-35-21)27-19(32)15-8-33-20(26-15)17(24)25/h2-6,8,10,12,14,17H,7,9,11H2,1H3,(H,27,32)(H,29,30,31)/t12-,14-,23?/m0/s1. The van der Waals surface area contributed by atoms with Crippen molar-refractivity contribution in [2.75, 3.05) is 17.7 Å². The van der Waals surface area contributed by atoms with Crippen LogP contribution in [0.2, 0.25) is 0 Å². The third kappa shape index (κ3) is 4.90. The predicted octanol–water partition coefficient (Wildman–Crippen LogP) is 4.47. The lowest BCUT2D eigenvalue weighted by molar-refractivity contribution is -0.0466. The van der Waals surface area contributed by atoms with Crippen molar-refractivity contribution in [3.8, 4) is 0 Å². The number of thiazole rings is 1. The van der Waals surface area contributed by atoms with Crippen molar-refractivity contribution in [1.82, 2.24) is 15.3 Å². The summed E-state index contributed by atoms with van der Waals surface area (Å²) in [6.45, 7) is 2.27. The number of aliphatic imine (C=N–C) groups is 1. The highest BCUT2D eigenvalue weighted by molar-refractivity contribution is 8.13. The number of alkyl halides is 2. The Kier molecular flexibility index (Phi) is 6.86. The number of thioether (sulfide) groups is 1. The summed E-state index contributed by atoms with van der Waals surface area (Å²) in [4.78, 5) is 38.2. The Morgan fingerprint density at radius 3 is 2.72 bits per heavy atom. The number of rotatable bonds is 5. The quantitative estimate of drug-likeness (QED) is 0.497. The number of ether oxygens (including phenoxy) is 1. The van der Waals surface area contributed by atoms with Gasteiger partial charge in [-0.05, 0) is 25.5 Å². The summed E-state index contributed by atoms with van der Waals surface area (Å²) < 4.78 is 36.1. The average Bonchev–Trinajstić information content (AvgIpc) is 3.55. The lowest BCUT2D eigenvalue weighted by Crippen LogP contribution is -2.50. The summed E-state index contributed by atoms with van der Waals surface area (Å²) in [7, 11) is 0. The van der Waals surface area contributed by atoms with E-state index < -0.39 is 23.8 Å². The number of benzene rings is 1. The number of halogens is 2. The molecule has 2 amide bonds. The van der Waals surface area contributed by atoms with Crippen LogP contribution in [0.25, 0.3) is 0 Å². The van der Waals surface area contributed by atoms with Crippen molar-refractivity contribution in [3.63, 3.8) is 0 Å². The molecule has 0 radical (unpaired) electrons. The normalized spacial score (nSPS) is 23.6. The van der Waals surface area contributed by atoms with Crippen LogP contribution in [0.5, 0.6) is 0 Å². The number of fused-ring (bicyclic) bond motifs is 1. The minimum atomic E-state index is -2.92. The molecule has 5 rings (SSSR count). The highest BCUT2D eigenvalue weighted by Gasteiger charge is 2.50. The molecule has 2 aromatic heterocycles. The molecule has 2 aliphatic rings. The molecule has 188 valence electrons. The molecule has 36 heavy (non-hydrogen) atoms. The van der Waals surface area contributed by atoms with Gasteiger partial charge in [-0.15, -0.1) is 11.3 Å². The maximum absolute atomic E-state index is 12.7. The third-order valence-electron chi connectivity index (χ3n) is 5.92. The molecule has 0 spiro atoms. The number of carbonyl (C=O) groups is 2. The van der Waals surface area contributed by atoms with Gasteiger partial charge in [0.25, 0.3) is 17.7 Å². The van der Waals surface area contributed by atoms with Gasteiger partial charge in [0.2, 0.25) is 0 Å². The molecule has 3 aromatic rings. The first kappa shape index (κ1) is 24.5. The highest BCUT2D eigenvalue weighted by atomic mass is 32.2. The van der Waals surface area contributed by atoms with E-state index in [9.17, 15) is 18.4 Å². The third-order valence-corrected chi connectivity index (χ3v) is 7.96. The number of oxazole rings is 1. The topological polar surface area (TPSA) is 119 Å². The summed E-state index contributed by atoms with van der Waals surface area (Å²) in [6, 6.07) is 8.86. The van der Waals surface area contributed by atoms with Crippen LogP contribution in [0.3, 0.4) is 0 Å². The van der Waals surface area contributed by atoms with E-state index in [0.717, 1.165) is 12.7 Å². The molecular formula is C23H21F2N5O4S2. The maximum Gasteiger partial charge on any atom is 0.313 e. The zero-order valence-corrected chi connectivity index (χ0v) is 20.6. The van der Waals surface area contributed by atoms with Gasteiger partial charge in [-0.3, -0.25) is 9.59 Å². The minimum Gasteiger partial charge on any atom is -0.443 e. The Balaban J connectivity index is 1.39. The first-order valence-electron chi connectivity index (χ1n) is 11.1. The van der Waals surface area contributed by atoms with Gasteiger partial charge >= 0.3 is 6.43 Å². The number of hydrogen-bond donors (Lipinski definition) is 2. The van der Waals surface area contributed by atoms with Gasteiger partial charge in [0.15, 0.2) is 10.9 Å². The van der Waals surface area contributed by atoms with Crippen LogP contribution in [0.1, 0.15) is 51.5 Å². The summed E-state index contributed by atoms with van der Waals surface area (Å²) in [5.41, 5.74) is -0.585. The lowest BCUT2D eigenvalue weighted by Gasteiger charge is -2.44. The number of amidine groups is 1. The second-order valence-corrected chi connectivity index (χ2v) is 10.3. The molecule has 1 unspecified atom stereocenters. The highest BCUT2D eigenvalue weighted by Crippen LogP contribution is 2.47. The summed E-state index contributed by atoms with van der Waals surface area (Å²) >= 11 is 2.78.